The number of pyridine rings is 1. The van der Waals surface area contributed by atoms with Crippen molar-refractivity contribution in [3.8, 4) is 28.4 Å². The first-order valence-electron chi connectivity index (χ1n) is 8.70. The van der Waals surface area contributed by atoms with E-state index in [-0.39, 0.29) is 5.62 Å². The molecule has 7 nitrogen and oxygen atoms in total. The summed E-state index contributed by atoms with van der Waals surface area (Å²) in [6.07, 6.45) is 0. The van der Waals surface area contributed by atoms with E-state index in [1.54, 1.807) is 0 Å². The zero-order chi connectivity index (χ0) is 18.1. The minimum absolute atomic E-state index is 0.0339. The molecule has 0 aliphatic carbocycles. The van der Waals surface area contributed by atoms with Gasteiger partial charge in [0, 0.05) is 30.8 Å². The summed E-state index contributed by atoms with van der Waals surface area (Å²) < 4.78 is 7.86. The minimum atomic E-state index is 0.0339. The fourth-order valence-electron chi connectivity index (χ4n) is 3.13. The van der Waals surface area contributed by atoms with E-state index < -0.39 is 0 Å². The summed E-state index contributed by atoms with van der Waals surface area (Å²) in [5, 5.41) is 11.3. The van der Waals surface area contributed by atoms with Gasteiger partial charge in [0.1, 0.15) is 24.0 Å². The molecule has 3 aliphatic rings. The van der Waals surface area contributed by atoms with Gasteiger partial charge in [-0.1, -0.05) is 0 Å². The van der Waals surface area contributed by atoms with Gasteiger partial charge in [-0.15, -0.1) is 0 Å². The minimum Gasteiger partial charge on any atom is -0.492 e. The smallest absolute Gasteiger partial charge is 0.244 e. The fourth-order valence-corrected chi connectivity index (χ4v) is 3.13. The van der Waals surface area contributed by atoms with Crippen LogP contribution in [0.15, 0.2) is 36.4 Å². The molecule has 26 heavy (non-hydrogen) atoms. The van der Waals surface area contributed by atoms with Crippen LogP contribution in [0.1, 0.15) is 0 Å². The van der Waals surface area contributed by atoms with Gasteiger partial charge in [-0.3, -0.25) is 5.41 Å². The highest BCUT2D eigenvalue weighted by Gasteiger charge is 2.20. The highest BCUT2D eigenvalue weighted by Crippen LogP contribution is 2.33. The molecule has 1 aromatic rings. The zero-order valence-corrected chi connectivity index (χ0v) is 15.0. The Hall–Kier alpha value is -2.93. The predicted molar refractivity (Wildman–Crippen MR) is 100 cm³/mol. The fraction of sp³-hybridized carbons (Fsp3) is 0.316. The largest absolute Gasteiger partial charge is 0.492 e. The van der Waals surface area contributed by atoms with Crippen molar-refractivity contribution in [3.63, 3.8) is 0 Å². The third-order valence-electron chi connectivity index (χ3n) is 4.46. The number of likely N-dealkylation sites (N-methyl/N-ethyl adjacent to an activating group) is 1. The van der Waals surface area contributed by atoms with Gasteiger partial charge >= 0.3 is 0 Å². The molecule has 0 unspecified atom stereocenters. The molecule has 0 saturated carbocycles. The van der Waals surface area contributed by atoms with Crippen molar-refractivity contribution in [2.24, 2.45) is 0 Å². The van der Waals surface area contributed by atoms with Gasteiger partial charge in [0.2, 0.25) is 5.62 Å². The van der Waals surface area contributed by atoms with Gasteiger partial charge < -0.3 is 19.5 Å². The van der Waals surface area contributed by atoms with E-state index in [0.29, 0.717) is 6.61 Å². The lowest BCUT2D eigenvalue weighted by Gasteiger charge is -2.16. The van der Waals surface area contributed by atoms with E-state index >= 15 is 0 Å². The van der Waals surface area contributed by atoms with Gasteiger partial charge in [0.25, 0.3) is 0 Å². The van der Waals surface area contributed by atoms with Crippen molar-refractivity contribution in [2.45, 2.75) is 6.54 Å². The number of nitrogens with one attached hydrogen (secondary N) is 2. The molecular weight excluding hydrogens is 328 g/mol. The monoisotopic (exact) mass is 350 g/mol. The van der Waals surface area contributed by atoms with Crippen molar-refractivity contribution < 1.29 is 4.74 Å². The van der Waals surface area contributed by atoms with E-state index in [1.165, 1.54) is 0 Å². The molecule has 2 N–H and O–H groups in total. The maximum Gasteiger partial charge on any atom is 0.244 e. The predicted octanol–water partition coefficient (Wildman–Crippen LogP) is 1.90. The molecule has 134 valence electrons. The summed E-state index contributed by atoms with van der Waals surface area (Å²) in [5.41, 5.74) is 2.72. The number of benzene rings is 1. The summed E-state index contributed by atoms with van der Waals surface area (Å²) in [4.78, 5) is 10.8. The Balaban J connectivity index is 1.67. The number of rotatable bonds is 5. The molecule has 4 rings (SSSR count). The summed E-state index contributed by atoms with van der Waals surface area (Å²) in [6.45, 7) is 3.25. The first-order valence-corrected chi connectivity index (χ1v) is 8.70. The normalized spacial score (nSPS) is 13.0. The third kappa shape index (κ3) is 3.13. The number of aromatic nitrogens is 3. The van der Waals surface area contributed by atoms with Crippen LogP contribution in [0.3, 0.4) is 0 Å². The number of fused-ring (bicyclic) bond motifs is 3. The van der Waals surface area contributed by atoms with Crippen LogP contribution in [0.2, 0.25) is 0 Å². The Kier molecular flexibility index (Phi) is 4.30. The molecule has 0 aromatic heterocycles. The molecular formula is C19H22N6O. The second-order valence-corrected chi connectivity index (χ2v) is 6.61. The van der Waals surface area contributed by atoms with Gasteiger partial charge in [-0.05, 0) is 50.5 Å². The lowest BCUT2D eigenvalue weighted by Crippen LogP contribution is -2.19. The number of ether oxygens (including phenoxy) is 1. The summed E-state index contributed by atoms with van der Waals surface area (Å²) in [6, 6.07) is 11.9. The average Bonchev–Trinajstić information content (AvgIpc) is 3.10. The molecule has 7 heteroatoms. The molecule has 0 saturated heterocycles. The first-order chi connectivity index (χ1) is 12.6. The average molecular weight is 350 g/mol. The summed E-state index contributed by atoms with van der Waals surface area (Å²) in [7, 11) is 4.05. The maximum absolute atomic E-state index is 8.02. The standard InChI is InChI=1S/C19H22N6O/c1-24(2)11-12-26-14-5-3-13(4-6-14)17-15-7-8-16-21-9-10-25(16)18(15)23-19(20)22-17/h3-8,20-21H,9-12H2,1-2H3. The quantitative estimate of drug-likeness (QED) is 0.735. The van der Waals surface area contributed by atoms with Crippen molar-refractivity contribution in [2.75, 3.05) is 39.1 Å². The van der Waals surface area contributed by atoms with Crippen molar-refractivity contribution in [1.82, 2.24) is 19.4 Å². The van der Waals surface area contributed by atoms with Gasteiger partial charge in [0.05, 0.1) is 5.69 Å². The van der Waals surface area contributed by atoms with Crippen LogP contribution in [-0.2, 0) is 6.54 Å². The SMILES string of the molecule is CN(C)CCOc1ccc(-c2nc(=N)nc3n4c(ccc2-3)NCC4)cc1. The second kappa shape index (κ2) is 6.76. The molecule has 3 aliphatic heterocycles. The van der Waals surface area contributed by atoms with Crippen molar-refractivity contribution in [1.29, 1.82) is 5.41 Å². The Morgan fingerprint density at radius 1 is 1.15 bits per heavy atom. The maximum atomic E-state index is 8.02. The molecule has 1 aromatic carbocycles. The van der Waals surface area contributed by atoms with E-state index in [0.717, 1.165) is 53.8 Å². The van der Waals surface area contributed by atoms with Crippen LogP contribution in [-0.4, -0.2) is 53.2 Å². The number of nitrogens with zero attached hydrogens (tertiary/aromatic N) is 4. The van der Waals surface area contributed by atoms with Gasteiger partial charge in [-0.25, -0.2) is 4.98 Å². The molecule has 0 atom stereocenters. The molecule has 0 spiro atoms. The Morgan fingerprint density at radius 2 is 1.96 bits per heavy atom. The van der Waals surface area contributed by atoms with Gasteiger partial charge in [0.15, 0.2) is 0 Å². The van der Waals surface area contributed by atoms with Crippen LogP contribution in [0.5, 0.6) is 5.75 Å². The Bertz CT molecular complexity index is 947. The highest BCUT2D eigenvalue weighted by atomic mass is 16.5. The molecule has 3 heterocycles. The summed E-state index contributed by atoms with van der Waals surface area (Å²) in [5.74, 6) is 2.67. The molecule has 0 bridgehead atoms. The zero-order valence-electron chi connectivity index (χ0n) is 15.0. The van der Waals surface area contributed by atoms with Crippen LogP contribution < -0.4 is 15.7 Å². The third-order valence-corrected chi connectivity index (χ3v) is 4.46. The van der Waals surface area contributed by atoms with E-state index in [2.05, 4.69) is 24.8 Å². The van der Waals surface area contributed by atoms with E-state index in [4.69, 9.17) is 10.1 Å². The Labute approximate surface area is 152 Å². The van der Waals surface area contributed by atoms with Crippen LogP contribution in [0, 0.1) is 5.41 Å². The number of hydrogen-bond donors (Lipinski definition) is 2. The highest BCUT2D eigenvalue weighted by molar-refractivity contribution is 5.79. The van der Waals surface area contributed by atoms with Crippen LogP contribution >= 0.6 is 0 Å². The number of hydrogen-bond acceptors (Lipinski definition) is 6. The molecule has 0 radical (unpaired) electrons. The molecule has 0 amide bonds. The Morgan fingerprint density at radius 3 is 2.73 bits per heavy atom. The van der Waals surface area contributed by atoms with Crippen LogP contribution in [0.4, 0.5) is 5.82 Å². The first kappa shape index (κ1) is 16.5. The molecule has 0 fully saturated rings. The lowest BCUT2D eigenvalue weighted by molar-refractivity contribution is 0.261. The summed E-state index contributed by atoms with van der Waals surface area (Å²) >= 11 is 0. The van der Waals surface area contributed by atoms with E-state index in [1.807, 2.05) is 50.5 Å². The number of anilines is 1. The lowest BCUT2D eigenvalue weighted by atomic mass is 10.0. The van der Waals surface area contributed by atoms with E-state index in [9.17, 15) is 0 Å². The van der Waals surface area contributed by atoms with Crippen molar-refractivity contribution >= 4 is 5.82 Å². The van der Waals surface area contributed by atoms with Crippen LogP contribution in [0.25, 0.3) is 22.6 Å². The van der Waals surface area contributed by atoms with Crippen molar-refractivity contribution in [3.05, 3.63) is 42.0 Å². The van der Waals surface area contributed by atoms with Gasteiger partial charge in [-0.2, -0.15) is 4.98 Å². The topological polar surface area (TPSA) is 79.1 Å². The second-order valence-electron chi connectivity index (χ2n) is 6.61.